The number of carbonyl (C=O) groups is 1. The Labute approximate surface area is 52.5 Å². The van der Waals surface area contributed by atoms with E-state index in [1.54, 1.807) is 0 Å². The van der Waals surface area contributed by atoms with Crippen LogP contribution in [-0.4, -0.2) is 16.0 Å². The fraction of sp³-hybridized carbons (Fsp3) is 0.800. The minimum absolute atomic E-state index is 0.154. The Morgan fingerprint density at radius 2 is 2.38 bits per heavy atom. The van der Waals surface area contributed by atoms with Crippen molar-refractivity contribution in [2.45, 2.75) is 18.2 Å². The molecule has 1 N–H and O–H groups in total. The van der Waals surface area contributed by atoms with E-state index in [1.807, 2.05) is 6.92 Å². The third-order valence-corrected chi connectivity index (χ3v) is 2.27. The summed E-state index contributed by atoms with van der Waals surface area (Å²) in [5.41, 5.74) is 0. The first kappa shape index (κ1) is 5.89. The van der Waals surface area contributed by atoms with Gasteiger partial charge in [0.15, 0.2) is 0 Å². The maximum atomic E-state index is 10.2. The molecule has 0 radical (unpaired) electrons. The molecule has 2 nitrogen and oxygen atoms in total. The van der Waals surface area contributed by atoms with Crippen LogP contribution in [0.25, 0.3) is 0 Å². The number of halogens is 1. The van der Waals surface area contributed by atoms with E-state index in [2.05, 4.69) is 0 Å². The normalized spacial score (nSPS) is 44.0. The Hall–Kier alpha value is -0.240. The summed E-state index contributed by atoms with van der Waals surface area (Å²) in [6, 6.07) is 0. The van der Waals surface area contributed by atoms with Gasteiger partial charge in [0.05, 0.1) is 0 Å². The smallest absolute Gasteiger partial charge is 0.325 e. The van der Waals surface area contributed by atoms with E-state index in [9.17, 15) is 4.79 Å². The Morgan fingerprint density at radius 3 is 2.38 bits per heavy atom. The van der Waals surface area contributed by atoms with E-state index in [0.717, 1.165) is 0 Å². The maximum Gasteiger partial charge on any atom is 0.325 e. The Balaban J connectivity index is 2.60. The molecule has 1 rings (SSSR count). The molecule has 2 atom stereocenters. The molecule has 1 aliphatic rings. The van der Waals surface area contributed by atoms with Crippen molar-refractivity contribution in [3.8, 4) is 0 Å². The maximum absolute atomic E-state index is 10.2. The van der Waals surface area contributed by atoms with Gasteiger partial charge in [0, 0.05) is 0 Å². The summed E-state index contributed by atoms with van der Waals surface area (Å²) >= 11 is 5.53. The zero-order valence-electron chi connectivity index (χ0n) is 4.52. The lowest BCUT2D eigenvalue weighted by molar-refractivity contribution is -0.137. The highest BCUT2D eigenvalue weighted by Gasteiger charge is 2.56. The van der Waals surface area contributed by atoms with Crippen molar-refractivity contribution >= 4 is 17.6 Å². The van der Waals surface area contributed by atoms with Gasteiger partial charge in [-0.2, -0.15) is 0 Å². The van der Waals surface area contributed by atoms with Gasteiger partial charge in [-0.05, 0) is 12.3 Å². The van der Waals surface area contributed by atoms with Gasteiger partial charge in [0.2, 0.25) is 0 Å². The molecule has 0 aromatic rings. The van der Waals surface area contributed by atoms with Crippen LogP contribution in [0.3, 0.4) is 0 Å². The van der Waals surface area contributed by atoms with Crippen LogP contribution >= 0.6 is 11.6 Å². The number of hydrogen-bond donors (Lipinski definition) is 1. The molecule has 0 bridgehead atoms. The van der Waals surface area contributed by atoms with Gasteiger partial charge in [0.25, 0.3) is 0 Å². The summed E-state index contributed by atoms with van der Waals surface area (Å²) < 4.78 is 0. The molecule has 0 unspecified atom stereocenters. The van der Waals surface area contributed by atoms with Crippen LogP contribution in [0.5, 0.6) is 0 Å². The van der Waals surface area contributed by atoms with Crippen molar-refractivity contribution in [2.24, 2.45) is 5.92 Å². The molecule has 3 heteroatoms. The highest BCUT2D eigenvalue weighted by atomic mass is 35.5. The first-order valence-electron chi connectivity index (χ1n) is 2.49. The number of alkyl halides is 1. The SMILES string of the molecule is C[C@H]1C[C@@]1(Cl)C(=O)O. The second kappa shape index (κ2) is 1.38. The summed E-state index contributed by atoms with van der Waals surface area (Å²) in [6.45, 7) is 1.83. The van der Waals surface area contributed by atoms with E-state index in [0.29, 0.717) is 6.42 Å². The van der Waals surface area contributed by atoms with Gasteiger partial charge in [-0.1, -0.05) is 6.92 Å². The highest BCUT2D eigenvalue weighted by Crippen LogP contribution is 2.49. The summed E-state index contributed by atoms with van der Waals surface area (Å²) in [6.07, 6.45) is 0.615. The van der Waals surface area contributed by atoms with Crippen LogP contribution in [0.2, 0.25) is 0 Å². The molecule has 8 heavy (non-hydrogen) atoms. The van der Waals surface area contributed by atoms with Crippen LogP contribution in [0.4, 0.5) is 0 Å². The summed E-state index contributed by atoms with van der Waals surface area (Å²) in [5, 5.41) is 8.35. The molecule has 0 aromatic carbocycles. The second-order valence-electron chi connectivity index (χ2n) is 2.27. The standard InChI is InChI=1S/C5H7ClO2/c1-3-2-5(3,6)4(7)8/h3H,2H2,1H3,(H,7,8)/t3-,5-/m0/s1. The van der Waals surface area contributed by atoms with Crippen LogP contribution in [0.1, 0.15) is 13.3 Å². The van der Waals surface area contributed by atoms with E-state index < -0.39 is 10.8 Å². The van der Waals surface area contributed by atoms with Gasteiger partial charge >= 0.3 is 5.97 Å². The minimum Gasteiger partial charge on any atom is -0.480 e. The third-order valence-electron chi connectivity index (χ3n) is 1.58. The lowest BCUT2D eigenvalue weighted by Crippen LogP contribution is -2.15. The zero-order valence-corrected chi connectivity index (χ0v) is 5.27. The van der Waals surface area contributed by atoms with Crippen molar-refractivity contribution in [2.75, 3.05) is 0 Å². The highest BCUT2D eigenvalue weighted by molar-refractivity contribution is 6.36. The van der Waals surface area contributed by atoms with Crippen molar-refractivity contribution in [1.29, 1.82) is 0 Å². The second-order valence-corrected chi connectivity index (χ2v) is 2.95. The summed E-state index contributed by atoms with van der Waals surface area (Å²) in [4.78, 5) is 9.26. The van der Waals surface area contributed by atoms with Crippen LogP contribution in [0, 0.1) is 5.92 Å². The van der Waals surface area contributed by atoms with Gasteiger partial charge < -0.3 is 5.11 Å². The topological polar surface area (TPSA) is 37.3 Å². The molecule has 1 fully saturated rings. The quantitative estimate of drug-likeness (QED) is 0.545. The minimum atomic E-state index is -0.903. The van der Waals surface area contributed by atoms with Crippen LogP contribution < -0.4 is 0 Å². The number of hydrogen-bond acceptors (Lipinski definition) is 1. The molecule has 0 amide bonds. The lowest BCUT2D eigenvalue weighted by Gasteiger charge is -1.95. The number of aliphatic carboxylic acids is 1. The van der Waals surface area contributed by atoms with E-state index in [1.165, 1.54) is 0 Å². The monoisotopic (exact) mass is 134 g/mol. The van der Waals surface area contributed by atoms with Crippen molar-refractivity contribution in [3.63, 3.8) is 0 Å². The number of carboxylic acids is 1. The zero-order chi connectivity index (χ0) is 6.36. The van der Waals surface area contributed by atoms with Crippen molar-refractivity contribution in [1.82, 2.24) is 0 Å². The average Bonchev–Trinajstić information content (AvgIpc) is 2.17. The summed E-state index contributed by atoms with van der Waals surface area (Å²) in [5.74, 6) is -0.728. The van der Waals surface area contributed by atoms with E-state index in [4.69, 9.17) is 16.7 Å². The van der Waals surface area contributed by atoms with E-state index >= 15 is 0 Å². The van der Waals surface area contributed by atoms with Crippen LogP contribution in [0.15, 0.2) is 0 Å². The van der Waals surface area contributed by atoms with E-state index in [-0.39, 0.29) is 5.92 Å². The molecular weight excluding hydrogens is 128 g/mol. The first-order chi connectivity index (χ1) is 3.57. The largest absolute Gasteiger partial charge is 0.480 e. The van der Waals surface area contributed by atoms with Gasteiger partial charge in [-0.25, -0.2) is 0 Å². The fourth-order valence-corrected chi connectivity index (χ4v) is 0.916. The van der Waals surface area contributed by atoms with Crippen molar-refractivity contribution < 1.29 is 9.90 Å². The molecule has 1 saturated carbocycles. The van der Waals surface area contributed by atoms with Gasteiger partial charge in [-0.3, -0.25) is 4.79 Å². The predicted octanol–water partition coefficient (Wildman–Crippen LogP) is 1.09. The van der Waals surface area contributed by atoms with Crippen molar-refractivity contribution in [3.05, 3.63) is 0 Å². The number of carboxylic acid groups (broad SMARTS) is 1. The predicted molar refractivity (Wildman–Crippen MR) is 30.0 cm³/mol. The molecule has 0 aromatic heterocycles. The molecule has 0 heterocycles. The molecule has 0 saturated heterocycles. The summed E-state index contributed by atoms with van der Waals surface area (Å²) in [7, 11) is 0. The fourth-order valence-electron chi connectivity index (χ4n) is 0.685. The molecule has 1 aliphatic carbocycles. The van der Waals surface area contributed by atoms with Gasteiger partial charge in [-0.15, -0.1) is 11.6 Å². The molecule has 0 spiro atoms. The Bertz CT molecular complexity index is 134. The average molecular weight is 135 g/mol. The van der Waals surface area contributed by atoms with Crippen LogP contribution in [-0.2, 0) is 4.79 Å². The third kappa shape index (κ3) is 0.599. The van der Waals surface area contributed by atoms with Gasteiger partial charge in [0.1, 0.15) is 4.87 Å². The lowest BCUT2D eigenvalue weighted by atomic mass is 10.3. The Morgan fingerprint density at radius 1 is 2.00 bits per heavy atom. The molecule has 46 valence electrons. The number of rotatable bonds is 1. The molecular formula is C5H7ClO2. The Kier molecular flexibility index (Phi) is 1.01. The molecule has 0 aliphatic heterocycles. The first-order valence-corrected chi connectivity index (χ1v) is 2.87.